The summed E-state index contributed by atoms with van der Waals surface area (Å²) in [5.41, 5.74) is 2.07. The molecule has 0 amide bonds. The van der Waals surface area contributed by atoms with E-state index in [1.165, 1.54) is 0 Å². The molecule has 0 radical (unpaired) electrons. The number of nitrogens with zero attached hydrogens (tertiary/aromatic N) is 1. The third kappa shape index (κ3) is 4.36. The van der Waals surface area contributed by atoms with Gasteiger partial charge in [-0.1, -0.05) is 30.3 Å². The van der Waals surface area contributed by atoms with Crippen molar-refractivity contribution >= 4 is 44.5 Å². The first-order chi connectivity index (χ1) is 14.7. The SMILES string of the molecule is CCOC(=O)c1oc2ccccc2c1COC(=O)CCCc1nc2ccccc2s1. The normalized spacial score (nSPS) is 11.1. The van der Waals surface area contributed by atoms with E-state index in [9.17, 15) is 9.59 Å². The van der Waals surface area contributed by atoms with Gasteiger partial charge in [-0.15, -0.1) is 11.3 Å². The molecule has 0 spiro atoms. The van der Waals surface area contributed by atoms with E-state index in [0.717, 1.165) is 27.0 Å². The number of hydrogen-bond acceptors (Lipinski definition) is 7. The lowest BCUT2D eigenvalue weighted by atomic mass is 10.1. The molecule has 0 atom stereocenters. The van der Waals surface area contributed by atoms with E-state index in [4.69, 9.17) is 13.9 Å². The van der Waals surface area contributed by atoms with E-state index in [-0.39, 0.29) is 31.4 Å². The molecule has 0 N–H and O–H groups in total. The predicted molar refractivity (Wildman–Crippen MR) is 115 cm³/mol. The molecule has 0 aliphatic rings. The summed E-state index contributed by atoms with van der Waals surface area (Å²) in [7, 11) is 0. The third-order valence-electron chi connectivity index (χ3n) is 4.65. The molecular weight excluding hydrogens is 402 g/mol. The Kier molecular flexibility index (Phi) is 6.09. The van der Waals surface area contributed by atoms with E-state index < -0.39 is 5.97 Å². The third-order valence-corrected chi connectivity index (χ3v) is 5.74. The number of para-hydroxylation sites is 2. The maximum absolute atomic E-state index is 12.3. The molecule has 0 saturated carbocycles. The summed E-state index contributed by atoms with van der Waals surface area (Å²) in [4.78, 5) is 29.1. The van der Waals surface area contributed by atoms with Crippen LogP contribution in [0.2, 0.25) is 0 Å². The summed E-state index contributed by atoms with van der Waals surface area (Å²) in [5.74, 6) is -0.799. The Balaban J connectivity index is 1.36. The molecule has 0 aliphatic heterocycles. The second-order valence-electron chi connectivity index (χ2n) is 6.72. The van der Waals surface area contributed by atoms with Gasteiger partial charge >= 0.3 is 11.9 Å². The van der Waals surface area contributed by atoms with Crippen LogP contribution >= 0.6 is 11.3 Å². The molecule has 0 aliphatic carbocycles. The van der Waals surface area contributed by atoms with Crippen LogP contribution in [0.4, 0.5) is 0 Å². The minimum atomic E-state index is -0.560. The highest BCUT2D eigenvalue weighted by Crippen LogP contribution is 2.27. The number of benzene rings is 2. The second-order valence-corrected chi connectivity index (χ2v) is 7.83. The highest BCUT2D eigenvalue weighted by molar-refractivity contribution is 7.18. The standard InChI is InChI=1S/C23H21NO5S/c1-2-27-23(26)22-16(15-8-3-5-10-18(15)29-22)14-28-21(25)13-7-12-20-24-17-9-4-6-11-19(17)30-20/h3-6,8-11H,2,7,12-14H2,1H3. The van der Waals surface area contributed by atoms with Crippen molar-refractivity contribution in [3.05, 3.63) is 64.9 Å². The number of thiazole rings is 1. The summed E-state index contributed by atoms with van der Waals surface area (Å²) < 4.78 is 17.3. The Bertz CT molecular complexity index is 1160. The van der Waals surface area contributed by atoms with Crippen LogP contribution < -0.4 is 0 Å². The molecule has 0 fully saturated rings. The van der Waals surface area contributed by atoms with Crippen LogP contribution in [-0.4, -0.2) is 23.5 Å². The molecule has 30 heavy (non-hydrogen) atoms. The van der Waals surface area contributed by atoms with Crippen LogP contribution in [-0.2, 0) is 27.3 Å². The zero-order chi connectivity index (χ0) is 20.9. The van der Waals surface area contributed by atoms with E-state index >= 15 is 0 Å². The largest absolute Gasteiger partial charge is 0.461 e. The fourth-order valence-corrected chi connectivity index (χ4v) is 4.25. The van der Waals surface area contributed by atoms with Gasteiger partial charge in [-0.25, -0.2) is 9.78 Å². The molecule has 0 bridgehead atoms. The molecule has 2 heterocycles. The van der Waals surface area contributed by atoms with Crippen LogP contribution in [0, 0.1) is 0 Å². The van der Waals surface area contributed by atoms with Crippen LogP contribution in [0.1, 0.15) is 40.9 Å². The molecule has 7 heteroatoms. The van der Waals surface area contributed by atoms with E-state index in [1.807, 2.05) is 42.5 Å². The number of aromatic nitrogens is 1. The van der Waals surface area contributed by atoms with Gasteiger partial charge in [-0.05, 0) is 38.0 Å². The fourth-order valence-electron chi connectivity index (χ4n) is 3.24. The monoisotopic (exact) mass is 423 g/mol. The van der Waals surface area contributed by atoms with Gasteiger partial charge in [0.15, 0.2) is 0 Å². The van der Waals surface area contributed by atoms with E-state index in [2.05, 4.69) is 4.98 Å². The van der Waals surface area contributed by atoms with Gasteiger partial charge in [0.1, 0.15) is 12.2 Å². The Labute approximate surface area is 177 Å². The first-order valence-corrected chi connectivity index (χ1v) is 10.6. The maximum Gasteiger partial charge on any atom is 0.374 e. The summed E-state index contributed by atoms with van der Waals surface area (Å²) in [6.45, 7) is 1.93. The number of carbonyl (C=O) groups is 2. The highest BCUT2D eigenvalue weighted by atomic mass is 32.1. The van der Waals surface area contributed by atoms with Crippen LogP contribution in [0.5, 0.6) is 0 Å². The zero-order valence-corrected chi connectivity index (χ0v) is 17.4. The second kappa shape index (κ2) is 9.09. The summed E-state index contributed by atoms with van der Waals surface area (Å²) in [6, 6.07) is 15.2. The molecular formula is C23H21NO5S. The number of furan rings is 1. The maximum atomic E-state index is 12.3. The Morgan fingerprint density at radius 2 is 1.87 bits per heavy atom. The number of carbonyl (C=O) groups excluding carboxylic acids is 2. The van der Waals surface area contributed by atoms with Gasteiger partial charge < -0.3 is 13.9 Å². The van der Waals surface area contributed by atoms with E-state index in [1.54, 1.807) is 24.3 Å². The van der Waals surface area contributed by atoms with Crippen LogP contribution in [0.15, 0.2) is 52.9 Å². The molecule has 4 rings (SSSR count). The van der Waals surface area contributed by atoms with Gasteiger partial charge in [0.25, 0.3) is 0 Å². The number of hydrogen-bond donors (Lipinski definition) is 0. The first kappa shape index (κ1) is 20.1. The molecule has 0 saturated heterocycles. The van der Waals surface area contributed by atoms with Crippen molar-refractivity contribution in [2.24, 2.45) is 0 Å². The predicted octanol–water partition coefficient (Wildman–Crippen LogP) is 5.29. The number of aryl methyl sites for hydroxylation is 1. The van der Waals surface area contributed by atoms with Crippen LogP contribution in [0.3, 0.4) is 0 Å². The average Bonchev–Trinajstić information content (AvgIpc) is 3.33. The lowest BCUT2D eigenvalue weighted by Gasteiger charge is -2.05. The summed E-state index contributed by atoms with van der Waals surface area (Å²) >= 11 is 1.64. The van der Waals surface area contributed by atoms with Gasteiger partial charge in [-0.2, -0.15) is 0 Å². The van der Waals surface area contributed by atoms with Crippen molar-refractivity contribution in [3.8, 4) is 0 Å². The fraction of sp³-hybridized carbons (Fsp3) is 0.261. The van der Waals surface area contributed by atoms with Crippen molar-refractivity contribution < 1.29 is 23.5 Å². The Morgan fingerprint density at radius 1 is 1.07 bits per heavy atom. The van der Waals surface area contributed by atoms with Crippen molar-refractivity contribution in [2.75, 3.05) is 6.61 Å². The number of rotatable bonds is 8. The lowest BCUT2D eigenvalue weighted by molar-refractivity contribution is -0.145. The quantitative estimate of drug-likeness (QED) is 0.359. The minimum absolute atomic E-state index is 0.0366. The minimum Gasteiger partial charge on any atom is -0.461 e. The van der Waals surface area contributed by atoms with E-state index in [0.29, 0.717) is 17.6 Å². The Hall–Kier alpha value is -3.19. The molecule has 6 nitrogen and oxygen atoms in total. The number of fused-ring (bicyclic) bond motifs is 2. The number of esters is 2. The van der Waals surface area contributed by atoms with Gasteiger partial charge in [0, 0.05) is 11.8 Å². The topological polar surface area (TPSA) is 78.6 Å². The summed E-state index contributed by atoms with van der Waals surface area (Å²) in [5, 5.41) is 1.75. The Morgan fingerprint density at radius 3 is 2.70 bits per heavy atom. The molecule has 2 aromatic carbocycles. The van der Waals surface area contributed by atoms with Crippen molar-refractivity contribution in [1.82, 2.24) is 4.98 Å². The zero-order valence-electron chi connectivity index (χ0n) is 16.6. The van der Waals surface area contributed by atoms with Crippen molar-refractivity contribution in [2.45, 2.75) is 32.8 Å². The molecule has 154 valence electrons. The van der Waals surface area contributed by atoms with Gasteiger partial charge in [0.05, 0.1) is 27.4 Å². The van der Waals surface area contributed by atoms with Crippen LogP contribution in [0.25, 0.3) is 21.2 Å². The molecule has 0 unspecified atom stereocenters. The van der Waals surface area contributed by atoms with Gasteiger partial charge in [-0.3, -0.25) is 4.79 Å². The highest BCUT2D eigenvalue weighted by Gasteiger charge is 2.22. The summed E-state index contributed by atoms with van der Waals surface area (Å²) in [6.07, 6.45) is 1.65. The van der Waals surface area contributed by atoms with Crippen molar-refractivity contribution in [1.29, 1.82) is 0 Å². The smallest absolute Gasteiger partial charge is 0.374 e. The van der Waals surface area contributed by atoms with Crippen molar-refractivity contribution in [3.63, 3.8) is 0 Å². The average molecular weight is 423 g/mol. The first-order valence-electron chi connectivity index (χ1n) is 9.83. The lowest BCUT2D eigenvalue weighted by Crippen LogP contribution is -2.09. The number of ether oxygens (including phenoxy) is 2. The molecule has 2 aromatic heterocycles. The van der Waals surface area contributed by atoms with Gasteiger partial charge in [0.2, 0.25) is 5.76 Å². The molecule has 4 aromatic rings.